The highest BCUT2D eigenvalue weighted by Crippen LogP contribution is 2.35. The lowest BCUT2D eigenvalue weighted by atomic mass is 9.90. The Bertz CT molecular complexity index is 729. The number of ketones is 1. The van der Waals surface area contributed by atoms with E-state index in [2.05, 4.69) is 0 Å². The van der Waals surface area contributed by atoms with Crippen molar-refractivity contribution in [3.8, 4) is 5.75 Å². The molecule has 0 spiro atoms. The van der Waals surface area contributed by atoms with Crippen LogP contribution >= 0.6 is 0 Å². The van der Waals surface area contributed by atoms with Gasteiger partial charge < -0.3 is 9.52 Å². The second-order valence-corrected chi connectivity index (χ2v) is 6.04. The quantitative estimate of drug-likeness (QED) is 0.502. The van der Waals surface area contributed by atoms with E-state index >= 15 is 0 Å². The highest BCUT2D eigenvalue weighted by atomic mass is 16.6. The van der Waals surface area contributed by atoms with E-state index in [0.29, 0.717) is 16.7 Å². The maximum atomic E-state index is 12.5. The third kappa shape index (κ3) is 3.26. The number of hydrogen-bond acceptors (Lipinski definition) is 5. The Morgan fingerprint density at radius 2 is 1.65 bits per heavy atom. The second kappa shape index (κ2) is 6.24. The number of hydrogen-bond donors (Lipinski definition) is 1. The number of carbonyl (C=O) groups excluding carboxylic acids is 1. The molecule has 0 radical (unpaired) electrons. The Morgan fingerprint density at radius 3 is 2.04 bits per heavy atom. The summed E-state index contributed by atoms with van der Waals surface area (Å²) in [4.78, 5) is 22.5. The molecule has 0 saturated carbocycles. The molecule has 0 bridgehead atoms. The van der Waals surface area contributed by atoms with Crippen LogP contribution in [0.1, 0.15) is 66.8 Å². The Balaban J connectivity index is 2.53. The van der Waals surface area contributed by atoms with Crippen LogP contribution in [0.4, 0.5) is 5.88 Å². The van der Waals surface area contributed by atoms with Gasteiger partial charge in [-0.05, 0) is 41.2 Å². The molecule has 0 unspecified atom stereocenters. The van der Waals surface area contributed by atoms with Gasteiger partial charge >= 0.3 is 5.88 Å². The largest absolute Gasteiger partial charge is 0.507 e. The molecule has 1 aromatic carbocycles. The molecular weight excluding hydrogens is 298 g/mol. The third-order valence-corrected chi connectivity index (χ3v) is 3.67. The monoisotopic (exact) mass is 317 g/mol. The first-order chi connectivity index (χ1) is 10.7. The van der Waals surface area contributed by atoms with Crippen molar-refractivity contribution in [3.05, 3.63) is 56.8 Å². The van der Waals surface area contributed by atoms with Gasteiger partial charge in [0.1, 0.15) is 10.7 Å². The molecule has 6 heteroatoms. The van der Waals surface area contributed by atoms with Crippen LogP contribution in [0.15, 0.2) is 28.7 Å². The lowest BCUT2D eigenvalue weighted by Crippen LogP contribution is -2.05. The lowest BCUT2D eigenvalue weighted by Gasteiger charge is -2.16. The summed E-state index contributed by atoms with van der Waals surface area (Å²) >= 11 is 0. The Morgan fingerprint density at radius 1 is 1.13 bits per heavy atom. The van der Waals surface area contributed by atoms with Gasteiger partial charge in [0.05, 0.1) is 6.07 Å². The molecule has 0 aliphatic heterocycles. The Kier molecular flexibility index (Phi) is 4.54. The van der Waals surface area contributed by atoms with Gasteiger partial charge in [-0.3, -0.25) is 14.9 Å². The highest BCUT2D eigenvalue weighted by Gasteiger charge is 2.22. The zero-order valence-electron chi connectivity index (χ0n) is 13.5. The molecule has 1 heterocycles. The van der Waals surface area contributed by atoms with Gasteiger partial charge in [0.25, 0.3) is 0 Å². The molecule has 1 aromatic heterocycles. The molecule has 0 amide bonds. The van der Waals surface area contributed by atoms with E-state index in [1.807, 2.05) is 27.7 Å². The average molecular weight is 317 g/mol. The predicted molar refractivity (Wildman–Crippen MR) is 85.1 cm³/mol. The summed E-state index contributed by atoms with van der Waals surface area (Å²) in [6.45, 7) is 7.69. The third-order valence-electron chi connectivity index (χ3n) is 3.67. The minimum atomic E-state index is -0.688. The number of benzene rings is 1. The fourth-order valence-corrected chi connectivity index (χ4v) is 2.38. The fourth-order valence-electron chi connectivity index (χ4n) is 2.38. The number of phenolic OH excluding ortho intramolecular Hbond substituents is 1. The van der Waals surface area contributed by atoms with E-state index in [1.54, 1.807) is 12.1 Å². The van der Waals surface area contributed by atoms with Crippen molar-refractivity contribution in [1.82, 2.24) is 0 Å². The van der Waals surface area contributed by atoms with E-state index in [0.717, 1.165) is 6.07 Å². The molecule has 23 heavy (non-hydrogen) atoms. The van der Waals surface area contributed by atoms with E-state index in [1.165, 1.54) is 6.07 Å². The zero-order valence-corrected chi connectivity index (χ0v) is 13.5. The maximum absolute atomic E-state index is 12.5. The van der Waals surface area contributed by atoms with Crippen LogP contribution in [0.25, 0.3) is 0 Å². The number of phenols is 1. The van der Waals surface area contributed by atoms with Crippen molar-refractivity contribution in [3.63, 3.8) is 0 Å². The van der Waals surface area contributed by atoms with Gasteiger partial charge in [-0.1, -0.05) is 27.7 Å². The van der Waals surface area contributed by atoms with Crippen LogP contribution in [-0.2, 0) is 0 Å². The van der Waals surface area contributed by atoms with Gasteiger partial charge in [0.2, 0.25) is 5.78 Å². The molecule has 0 aliphatic carbocycles. The SMILES string of the molecule is CC(C)c1cc(C(=O)c2ccc([N+](=O)[O-])o2)cc(C(C)C)c1O. The van der Waals surface area contributed by atoms with Crippen molar-refractivity contribution < 1.29 is 19.2 Å². The number of nitro groups is 1. The molecule has 1 N–H and O–H groups in total. The number of furan rings is 1. The zero-order chi connectivity index (χ0) is 17.3. The first kappa shape index (κ1) is 16.7. The Labute approximate surface area is 133 Å². The summed E-state index contributed by atoms with van der Waals surface area (Å²) in [6, 6.07) is 5.67. The predicted octanol–water partition coefficient (Wildman–Crippen LogP) is 4.37. The number of nitrogens with zero attached hydrogens (tertiary/aromatic N) is 1. The fraction of sp³-hybridized carbons (Fsp3) is 0.353. The average Bonchev–Trinajstić information content (AvgIpc) is 2.96. The molecule has 2 aromatic rings. The van der Waals surface area contributed by atoms with Crippen LogP contribution in [0.2, 0.25) is 0 Å². The van der Waals surface area contributed by atoms with Crippen molar-refractivity contribution in [2.45, 2.75) is 39.5 Å². The van der Waals surface area contributed by atoms with Crippen LogP contribution in [0.5, 0.6) is 5.75 Å². The van der Waals surface area contributed by atoms with Crippen molar-refractivity contribution in [2.75, 3.05) is 0 Å². The summed E-state index contributed by atoms with van der Waals surface area (Å²) in [5, 5.41) is 21.0. The van der Waals surface area contributed by atoms with Crippen LogP contribution < -0.4 is 0 Å². The second-order valence-electron chi connectivity index (χ2n) is 6.04. The molecule has 0 aliphatic rings. The summed E-state index contributed by atoms with van der Waals surface area (Å²) in [6.07, 6.45) is 0. The number of aromatic hydroxyl groups is 1. The summed E-state index contributed by atoms with van der Waals surface area (Å²) in [5.74, 6) is -0.747. The van der Waals surface area contributed by atoms with E-state index < -0.39 is 16.6 Å². The summed E-state index contributed by atoms with van der Waals surface area (Å²) < 4.78 is 4.98. The summed E-state index contributed by atoms with van der Waals surface area (Å²) in [7, 11) is 0. The van der Waals surface area contributed by atoms with Gasteiger partial charge in [-0.15, -0.1) is 0 Å². The first-order valence-corrected chi connectivity index (χ1v) is 7.38. The minimum absolute atomic E-state index is 0.0335. The van der Waals surface area contributed by atoms with E-state index in [4.69, 9.17) is 4.42 Å². The normalized spacial score (nSPS) is 11.2. The topological polar surface area (TPSA) is 93.6 Å². The minimum Gasteiger partial charge on any atom is -0.507 e. The lowest BCUT2D eigenvalue weighted by molar-refractivity contribution is -0.402. The number of carbonyl (C=O) groups is 1. The smallest absolute Gasteiger partial charge is 0.433 e. The molecule has 0 fully saturated rings. The van der Waals surface area contributed by atoms with Crippen molar-refractivity contribution >= 4 is 11.7 Å². The van der Waals surface area contributed by atoms with Gasteiger partial charge in [0.15, 0.2) is 5.76 Å². The maximum Gasteiger partial charge on any atom is 0.433 e. The molecular formula is C17H19NO5. The molecule has 6 nitrogen and oxygen atoms in total. The molecule has 0 atom stereocenters. The molecule has 122 valence electrons. The highest BCUT2D eigenvalue weighted by molar-refractivity contribution is 6.07. The van der Waals surface area contributed by atoms with Crippen molar-refractivity contribution in [2.24, 2.45) is 0 Å². The van der Waals surface area contributed by atoms with Gasteiger partial charge in [-0.2, -0.15) is 0 Å². The van der Waals surface area contributed by atoms with Gasteiger partial charge in [0, 0.05) is 5.56 Å². The molecule has 0 saturated heterocycles. The van der Waals surface area contributed by atoms with Gasteiger partial charge in [-0.25, -0.2) is 0 Å². The van der Waals surface area contributed by atoms with Crippen LogP contribution in [0, 0.1) is 10.1 Å². The van der Waals surface area contributed by atoms with Crippen LogP contribution in [-0.4, -0.2) is 15.8 Å². The van der Waals surface area contributed by atoms with Crippen molar-refractivity contribution in [1.29, 1.82) is 0 Å². The first-order valence-electron chi connectivity index (χ1n) is 7.38. The standard InChI is InChI=1S/C17H19NO5/c1-9(2)12-7-11(8-13(10(3)4)17(12)20)16(19)14-5-6-15(23-14)18(21)22/h5-10,20H,1-4H3. The van der Waals surface area contributed by atoms with E-state index in [9.17, 15) is 20.0 Å². The van der Waals surface area contributed by atoms with Crippen LogP contribution in [0.3, 0.4) is 0 Å². The summed E-state index contributed by atoms with van der Waals surface area (Å²) in [5.41, 5.74) is 1.68. The number of rotatable bonds is 5. The van der Waals surface area contributed by atoms with E-state index in [-0.39, 0.29) is 23.3 Å². The Hall–Kier alpha value is -2.63. The molecule has 2 rings (SSSR count).